The fourth-order valence-corrected chi connectivity index (χ4v) is 2.55. The molecular weight excluding hydrogens is 268 g/mol. The molecule has 0 saturated carbocycles. The molecule has 114 valence electrons. The molecule has 1 aliphatic heterocycles. The van der Waals surface area contributed by atoms with Crippen LogP contribution in [0.2, 0.25) is 0 Å². The van der Waals surface area contributed by atoms with Crippen molar-refractivity contribution in [2.24, 2.45) is 5.92 Å². The predicted octanol–water partition coefficient (Wildman–Crippen LogP) is 2.56. The van der Waals surface area contributed by atoms with Gasteiger partial charge in [0.2, 0.25) is 5.91 Å². The molecule has 2 N–H and O–H groups in total. The molecule has 1 aromatic carbocycles. The third-order valence-electron chi connectivity index (χ3n) is 3.96. The Balaban J connectivity index is 2.43. The molecule has 0 spiro atoms. The van der Waals surface area contributed by atoms with Gasteiger partial charge in [0.1, 0.15) is 6.04 Å². The van der Waals surface area contributed by atoms with Crippen LogP contribution in [0.1, 0.15) is 31.4 Å². The second-order valence-corrected chi connectivity index (χ2v) is 5.95. The zero-order valence-electron chi connectivity index (χ0n) is 12.9. The summed E-state index contributed by atoms with van der Waals surface area (Å²) in [5.41, 5.74) is 3.92. The number of anilines is 2. The first-order valence-corrected chi connectivity index (χ1v) is 7.22. The number of fused-ring (bicyclic) bond motifs is 1. The Labute approximate surface area is 125 Å². The van der Waals surface area contributed by atoms with E-state index in [0.29, 0.717) is 0 Å². The minimum atomic E-state index is -0.896. The van der Waals surface area contributed by atoms with Crippen LogP contribution in [-0.4, -0.2) is 29.6 Å². The average molecular weight is 290 g/mol. The van der Waals surface area contributed by atoms with E-state index in [9.17, 15) is 9.59 Å². The lowest BCUT2D eigenvalue weighted by molar-refractivity contribution is -0.136. The second-order valence-electron chi connectivity index (χ2n) is 5.95. The van der Waals surface area contributed by atoms with Gasteiger partial charge >= 0.3 is 5.97 Å². The molecule has 1 aliphatic rings. The van der Waals surface area contributed by atoms with Gasteiger partial charge in [-0.2, -0.15) is 0 Å². The summed E-state index contributed by atoms with van der Waals surface area (Å²) in [5, 5.41) is 12.2. The van der Waals surface area contributed by atoms with Gasteiger partial charge in [-0.1, -0.05) is 13.8 Å². The molecule has 21 heavy (non-hydrogen) atoms. The molecule has 0 saturated heterocycles. The lowest BCUT2D eigenvalue weighted by Gasteiger charge is -2.37. The molecule has 1 aromatic rings. The van der Waals surface area contributed by atoms with Crippen LogP contribution in [0.3, 0.4) is 0 Å². The van der Waals surface area contributed by atoms with Crippen molar-refractivity contribution in [1.82, 2.24) is 0 Å². The lowest BCUT2D eigenvalue weighted by atomic mass is 9.97. The number of nitrogens with zero attached hydrogens (tertiary/aromatic N) is 1. The zero-order valence-corrected chi connectivity index (χ0v) is 12.9. The van der Waals surface area contributed by atoms with E-state index >= 15 is 0 Å². The quantitative estimate of drug-likeness (QED) is 0.894. The maximum absolute atomic E-state index is 12.6. The highest BCUT2D eigenvalue weighted by Gasteiger charge is 2.34. The first-order valence-electron chi connectivity index (χ1n) is 7.22. The van der Waals surface area contributed by atoms with Crippen molar-refractivity contribution >= 4 is 23.3 Å². The lowest BCUT2D eigenvalue weighted by Crippen LogP contribution is -2.50. The summed E-state index contributed by atoms with van der Waals surface area (Å²) in [5.74, 6) is -0.811. The maximum atomic E-state index is 12.6. The number of carboxylic acids is 1. The number of hydrogen-bond donors (Lipinski definition) is 2. The largest absolute Gasteiger partial charge is 0.481 e. The highest BCUT2D eigenvalue weighted by Crippen LogP contribution is 2.35. The number of aryl methyl sites for hydroxylation is 2. The van der Waals surface area contributed by atoms with Crippen molar-refractivity contribution in [3.05, 3.63) is 23.3 Å². The molecule has 2 rings (SSSR count). The number of aliphatic carboxylic acids is 1. The Morgan fingerprint density at radius 2 is 1.95 bits per heavy atom. The molecule has 0 bridgehead atoms. The van der Waals surface area contributed by atoms with Crippen molar-refractivity contribution < 1.29 is 14.7 Å². The third-order valence-corrected chi connectivity index (χ3v) is 3.96. The Kier molecular flexibility index (Phi) is 4.21. The van der Waals surface area contributed by atoms with Gasteiger partial charge in [-0.15, -0.1) is 0 Å². The van der Waals surface area contributed by atoms with E-state index in [0.717, 1.165) is 22.5 Å². The van der Waals surface area contributed by atoms with Crippen LogP contribution in [0.4, 0.5) is 11.4 Å². The normalized spacial score (nSPS) is 17.7. The van der Waals surface area contributed by atoms with Crippen molar-refractivity contribution in [3.8, 4) is 0 Å². The number of benzene rings is 1. The minimum Gasteiger partial charge on any atom is -0.481 e. The molecule has 1 unspecified atom stereocenters. The molecule has 0 aromatic heterocycles. The maximum Gasteiger partial charge on any atom is 0.305 e. The van der Waals surface area contributed by atoms with E-state index in [1.807, 2.05) is 39.8 Å². The number of nitrogens with one attached hydrogen (secondary N) is 1. The summed E-state index contributed by atoms with van der Waals surface area (Å²) < 4.78 is 0. The summed E-state index contributed by atoms with van der Waals surface area (Å²) in [6, 6.07) is 3.67. The van der Waals surface area contributed by atoms with Gasteiger partial charge in [0.15, 0.2) is 0 Å². The minimum absolute atomic E-state index is 0.0527. The van der Waals surface area contributed by atoms with Gasteiger partial charge in [-0.05, 0) is 43.0 Å². The smallest absolute Gasteiger partial charge is 0.305 e. The summed E-state index contributed by atoms with van der Waals surface area (Å²) >= 11 is 0. The number of carbonyl (C=O) groups is 2. The van der Waals surface area contributed by atoms with Gasteiger partial charge in [0, 0.05) is 6.54 Å². The Hall–Kier alpha value is -2.04. The highest BCUT2D eigenvalue weighted by molar-refractivity contribution is 6.05. The summed E-state index contributed by atoms with van der Waals surface area (Å²) in [7, 11) is 0. The van der Waals surface area contributed by atoms with E-state index in [4.69, 9.17) is 5.11 Å². The molecule has 1 heterocycles. The molecule has 1 amide bonds. The highest BCUT2D eigenvalue weighted by atomic mass is 16.4. The topological polar surface area (TPSA) is 69.6 Å². The Morgan fingerprint density at radius 1 is 1.33 bits per heavy atom. The fraction of sp³-hybridized carbons (Fsp3) is 0.500. The van der Waals surface area contributed by atoms with Crippen molar-refractivity contribution in [1.29, 1.82) is 0 Å². The van der Waals surface area contributed by atoms with Gasteiger partial charge in [-0.3, -0.25) is 9.59 Å². The number of amides is 1. The average Bonchev–Trinajstić information content (AvgIpc) is 2.39. The standard InChI is InChI=1S/C16H22N2O3/c1-9(2)15-16(21)18(6-5-14(19)20)13-8-11(4)10(3)7-12(13)17-15/h7-9,15,17H,5-6H2,1-4H3,(H,19,20). The SMILES string of the molecule is Cc1cc2c(cc1C)N(CCC(=O)O)C(=O)C(C(C)C)N2. The molecular formula is C16H22N2O3. The summed E-state index contributed by atoms with van der Waals surface area (Å²) in [6.45, 7) is 8.19. The van der Waals surface area contributed by atoms with Crippen molar-refractivity contribution in [3.63, 3.8) is 0 Å². The summed E-state index contributed by atoms with van der Waals surface area (Å²) in [6.07, 6.45) is -0.0527. The molecule has 1 atom stereocenters. The zero-order chi connectivity index (χ0) is 15.7. The van der Waals surface area contributed by atoms with Gasteiger partial charge in [-0.25, -0.2) is 0 Å². The number of rotatable bonds is 4. The van der Waals surface area contributed by atoms with Crippen molar-refractivity contribution in [2.45, 2.75) is 40.2 Å². The van der Waals surface area contributed by atoms with Gasteiger partial charge in [0.05, 0.1) is 17.8 Å². The van der Waals surface area contributed by atoms with Crippen LogP contribution in [-0.2, 0) is 9.59 Å². The Morgan fingerprint density at radius 3 is 2.52 bits per heavy atom. The van der Waals surface area contributed by atoms with E-state index in [2.05, 4.69) is 5.32 Å². The first-order chi connectivity index (χ1) is 9.81. The van der Waals surface area contributed by atoms with E-state index < -0.39 is 5.97 Å². The molecule has 5 heteroatoms. The van der Waals surface area contributed by atoms with E-state index in [1.54, 1.807) is 4.90 Å². The first kappa shape index (κ1) is 15.4. The predicted molar refractivity (Wildman–Crippen MR) is 82.8 cm³/mol. The third kappa shape index (κ3) is 3.01. The summed E-state index contributed by atoms with van der Waals surface area (Å²) in [4.78, 5) is 25.1. The number of hydrogen-bond acceptors (Lipinski definition) is 3. The van der Waals surface area contributed by atoms with E-state index in [-0.39, 0.29) is 30.8 Å². The van der Waals surface area contributed by atoms with Crippen LogP contribution < -0.4 is 10.2 Å². The molecule has 0 fully saturated rings. The fourth-order valence-electron chi connectivity index (χ4n) is 2.55. The van der Waals surface area contributed by atoms with Crippen molar-refractivity contribution in [2.75, 3.05) is 16.8 Å². The number of carboxylic acid groups (broad SMARTS) is 1. The van der Waals surface area contributed by atoms with Crippen LogP contribution in [0.25, 0.3) is 0 Å². The van der Waals surface area contributed by atoms with Crippen LogP contribution in [0, 0.1) is 19.8 Å². The van der Waals surface area contributed by atoms with Crippen LogP contribution in [0.15, 0.2) is 12.1 Å². The monoisotopic (exact) mass is 290 g/mol. The van der Waals surface area contributed by atoms with Gasteiger partial charge < -0.3 is 15.3 Å². The Bertz CT molecular complexity index is 581. The van der Waals surface area contributed by atoms with Crippen LogP contribution >= 0.6 is 0 Å². The number of carbonyl (C=O) groups excluding carboxylic acids is 1. The van der Waals surface area contributed by atoms with Crippen LogP contribution in [0.5, 0.6) is 0 Å². The second kappa shape index (κ2) is 5.76. The molecule has 5 nitrogen and oxygen atoms in total. The van der Waals surface area contributed by atoms with E-state index in [1.165, 1.54) is 0 Å². The molecule has 0 aliphatic carbocycles. The molecule has 0 radical (unpaired) electrons. The van der Waals surface area contributed by atoms with Gasteiger partial charge in [0.25, 0.3) is 0 Å².